The summed E-state index contributed by atoms with van der Waals surface area (Å²) >= 11 is 0. The number of benzene rings is 3. The van der Waals surface area contributed by atoms with Crippen molar-refractivity contribution in [3.05, 3.63) is 89.0 Å². The lowest BCUT2D eigenvalue weighted by Crippen LogP contribution is -2.16. The SMILES string of the molecule is CCS(=N)(=O)c1ccc(COc2ccc(CN3Cc4ccccc4C3)cc2S(C)(=O)=O)cc1. The molecule has 1 atom stereocenters. The molecule has 3 aromatic carbocycles. The normalized spacial score (nSPS) is 15.7. The number of ether oxygens (including phenoxy) is 1. The van der Waals surface area contributed by atoms with E-state index in [1.54, 1.807) is 43.3 Å². The highest BCUT2D eigenvalue weighted by molar-refractivity contribution is 7.92. The van der Waals surface area contributed by atoms with Crippen molar-refractivity contribution in [3.63, 3.8) is 0 Å². The van der Waals surface area contributed by atoms with Crippen LogP contribution in [0, 0.1) is 4.78 Å². The molecule has 33 heavy (non-hydrogen) atoms. The van der Waals surface area contributed by atoms with Gasteiger partial charge in [0.15, 0.2) is 9.84 Å². The lowest BCUT2D eigenvalue weighted by atomic mass is 10.1. The summed E-state index contributed by atoms with van der Waals surface area (Å²) in [5.74, 6) is 0.573. The fourth-order valence-electron chi connectivity index (χ4n) is 3.97. The molecule has 1 heterocycles. The molecule has 3 aromatic rings. The van der Waals surface area contributed by atoms with Crippen molar-refractivity contribution in [3.8, 4) is 5.75 Å². The molecule has 1 unspecified atom stereocenters. The van der Waals surface area contributed by atoms with Crippen LogP contribution in [0.3, 0.4) is 0 Å². The molecule has 6 nitrogen and oxygen atoms in total. The van der Waals surface area contributed by atoms with Crippen LogP contribution in [0.1, 0.15) is 29.2 Å². The molecular formula is C25H28N2O4S2. The van der Waals surface area contributed by atoms with E-state index in [1.807, 2.05) is 18.2 Å². The molecule has 0 aliphatic carbocycles. The van der Waals surface area contributed by atoms with Crippen molar-refractivity contribution in [1.29, 1.82) is 4.78 Å². The average Bonchev–Trinajstić information content (AvgIpc) is 3.20. The Balaban J connectivity index is 1.48. The Morgan fingerprint density at radius 1 is 0.909 bits per heavy atom. The van der Waals surface area contributed by atoms with E-state index in [-0.39, 0.29) is 17.3 Å². The summed E-state index contributed by atoms with van der Waals surface area (Å²) in [6, 6.07) is 20.5. The molecule has 1 aliphatic heterocycles. The van der Waals surface area contributed by atoms with Gasteiger partial charge in [-0.25, -0.2) is 17.4 Å². The number of nitrogens with one attached hydrogen (secondary N) is 1. The molecule has 4 rings (SSSR count). The lowest BCUT2D eigenvalue weighted by molar-refractivity contribution is 0.274. The second-order valence-electron chi connectivity index (χ2n) is 8.36. The van der Waals surface area contributed by atoms with Crippen LogP contribution in [0.15, 0.2) is 76.5 Å². The highest BCUT2D eigenvalue weighted by atomic mass is 32.2. The summed E-state index contributed by atoms with van der Waals surface area (Å²) in [7, 11) is -6.25. The van der Waals surface area contributed by atoms with Gasteiger partial charge in [0, 0.05) is 36.5 Å². The Kier molecular flexibility index (Phi) is 6.61. The molecule has 0 bridgehead atoms. The second-order valence-corrected chi connectivity index (χ2v) is 12.7. The third-order valence-electron chi connectivity index (χ3n) is 5.83. The summed E-state index contributed by atoms with van der Waals surface area (Å²) in [6.07, 6.45) is 1.19. The van der Waals surface area contributed by atoms with E-state index < -0.39 is 19.6 Å². The zero-order chi connectivity index (χ0) is 23.6. The Labute approximate surface area is 196 Å². The van der Waals surface area contributed by atoms with Gasteiger partial charge in [-0.05, 0) is 46.5 Å². The first-order valence-electron chi connectivity index (χ1n) is 10.8. The molecule has 0 aromatic heterocycles. The van der Waals surface area contributed by atoms with Gasteiger partial charge in [0.1, 0.15) is 17.3 Å². The Morgan fingerprint density at radius 3 is 2.09 bits per heavy atom. The van der Waals surface area contributed by atoms with Gasteiger partial charge in [0.2, 0.25) is 0 Å². The lowest BCUT2D eigenvalue weighted by Gasteiger charge is -2.17. The van der Waals surface area contributed by atoms with E-state index in [0.717, 1.165) is 24.2 Å². The molecule has 0 spiro atoms. The molecule has 8 heteroatoms. The molecule has 0 radical (unpaired) electrons. The molecule has 1 N–H and O–H groups in total. The minimum absolute atomic E-state index is 0.175. The summed E-state index contributed by atoms with van der Waals surface area (Å²) < 4.78 is 50.9. The summed E-state index contributed by atoms with van der Waals surface area (Å²) in [4.78, 5) is 2.95. The number of sulfone groups is 1. The fourth-order valence-corrected chi connectivity index (χ4v) is 5.73. The van der Waals surface area contributed by atoms with Crippen LogP contribution < -0.4 is 4.74 Å². The Hall–Kier alpha value is -2.68. The van der Waals surface area contributed by atoms with Crippen molar-refractivity contribution in [1.82, 2.24) is 4.90 Å². The van der Waals surface area contributed by atoms with Crippen LogP contribution in [0.4, 0.5) is 0 Å². The molecule has 0 amide bonds. The predicted octanol–water partition coefficient (Wildman–Crippen LogP) is 4.61. The maximum Gasteiger partial charge on any atom is 0.179 e. The first kappa shape index (κ1) is 23.5. The zero-order valence-electron chi connectivity index (χ0n) is 18.8. The first-order chi connectivity index (χ1) is 15.7. The van der Waals surface area contributed by atoms with Crippen LogP contribution in [0.5, 0.6) is 5.75 Å². The Bertz CT molecular complexity index is 1340. The second kappa shape index (κ2) is 9.29. The van der Waals surface area contributed by atoms with Crippen molar-refractivity contribution in [2.24, 2.45) is 0 Å². The minimum Gasteiger partial charge on any atom is -0.488 e. The van der Waals surface area contributed by atoms with Crippen LogP contribution >= 0.6 is 0 Å². The van der Waals surface area contributed by atoms with E-state index in [2.05, 4.69) is 17.0 Å². The summed E-state index contributed by atoms with van der Waals surface area (Å²) in [5, 5.41) is 0. The molecule has 0 saturated heterocycles. The number of hydrogen-bond donors (Lipinski definition) is 1. The third kappa shape index (κ3) is 5.46. The summed E-state index contributed by atoms with van der Waals surface area (Å²) in [6.45, 7) is 4.26. The molecule has 174 valence electrons. The number of nitrogens with zero attached hydrogens (tertiary/aromatic N) is 1. The van der Waals surface area contributed by atoms with Crippen molar-refractivity contribution < 1.29 is 17.4 Å². The van der Waals surface area contributed by atoms with E-state index in [9.17, 15) is 12.6 Å². The summed E-state index contributed by atoms with van der Waals surface area (Å²) in [5.41, 5.74) is 4.35. The first-order valence-corrected chi connectivity index (χ1v) is 14.4. The van der Waals surface area contributed by atoms with Gasteiger partial charge in [0.25, 0.3) is 0 Å². The zero-order valence-corrected chi connectivity index (χ0v) is 20.4. The van der Waals surface area contributed by atoms with Gasteiger partial charge >= 0.3 is 0 Å². The predicted molar refractivity (Wildman–Crippen MR) is 129 cm³/mol. The van der Waals surface area contributed by atoms with E-state index in [0.29, 0.717) is 17.2 Å². The van der Waals surface area contributed by atoms with Crippen molar-refractivity contribution in [2.75, 3.05) is 12.0 Å². The van der Waals surface area contributed by atoms with Crippen LogP contribution in [-0.2, 0) is 45.8 Å². The average molecular weight is 485 g/mol. The Morgan fingerprint density at radius 2 is 1.52 bits per heavy atom. The quantitative estimate of drug-likeness (QED) is 0.504. The highest BCUT2D eigenvalue weighted by Gasteiger charge is 2.21. The molecule has 1 aliphatic rings. The molecule has 0 fully saturated rings. The van der Waals surface area contributed by atoms with Crippen LogP contribution in [-0.4, -0.2) is 29.5 Å². The van der Waals surface area contributed by atoms with Gasteiger partial charge in [-0.2, -0.15) is 0 Å². The highest BCUT2D eigenvalue weighted by Crippen LogP contribution is 2.29. The standard InChI is InChI=1S/C25H28N2O4S2/c1-3-33(26,30)23-11-8-19(9-12-23)18-31-24-13-10-20(14-25(24)32(2,28)29)15-27-16-21-6-4-5-7-22(21)17-27/h4-14,26H,3,15-18H2,1-2H3. The van der Waals surface area contributed by atoms with Crippen molar-refractivity contribution in [2.45, 2.75) is 43.0 Å². The van der Waals surface area contributed by atoms with Gasteiger partial charge in [-0.3, -0.25) is 4.90 Å². The van der Waals surface area contributed by atoms with Gasteiger partial charge in [-0.1, -0.05) is 49.4 Å². The van der Waals surface area contributed by atoms with Crippen molar-refractivity contribution >= 4 is 19.6 Å². The smallest absolute Gasteiger partial charge is 0.179 e. The number of fused-ring (bicyclic) bond motifs is 1. The number of rotatable bonds is 8. The van der Waals surface area contributed by atoms with E-state index in [1.165, 1.54) is 17.4 Å². The maximum absolute atomic E-state index is 12.5. The van der Waals surface area contributed by atoms with E-state index in [4.69, 9.17) is 9.52 Å². The van der Waals surface area contributed by atoms with Crippen LogP contribution in [0.25, 0.3) is 0 Å². The van der Waals surface area contributed by atoms with Gasteiger partial charge < -0.3 is 4.74 Å². The van der Waals surface area contributed by atoms with Gasteiger partial charge in [0.05, 0.1) is 9.73 Å². The monoisotopic (exact) mass is 484 g/mol. The molecule has 0 saturated carbocycles. The largest absolute Gasteiger partial charge is 0.488 e. The fraction of sp³-hybridized carbons (Fsp3) is 0.280. The topological polar surface area (TPSA) is 87.5 Å². The maximum atomic E-state index is 12.5. The van der Waals surface area contributed by atoms with Crippen LogP contribution in [0.2, 0.25) is 0 Å². The van der Waals surface area contributed by atoms with Gasteiger partial charge in [-0.15, -0.1) is 0 Å². The minimum atomic E-state index is -3.48. The third-order valence-corrected chi connectivity index (χ3v) is 8.79. The number of hydrogen-bond acceptors (Lipinski definition) is 6. The van der Waals surface area contributed by atoms with E-state index >= 15 is 0 Å². The molecular weight excluding hydrogens is 456 g/mol.